The Labute approximate surface area is 194 Å². The minimum Gasteiger partial charge on any atom is -0.480 e. The summed E-state index contributed by atoms with van der Waals surface area (Å²) < 4.78 is 11.5. The molecule has 12 nitrogen and oxygen atoms in total. The smallest absolute Gasteiger partial charge is 0.480 e. The van der Waals surface area contributed by atoms with Crippen LogP contribution in [0.1, 0.15) is 12.8 Å². The Bertz CT molecular complexity index is 852. The number of carbonyl (C=O) groups excluding carboxylic acids is 3. The van der Waals surface area contributed by atoms with Gasteiger partial charge in [-0.05, 0) is 6.42 Å². The molecule has 3 amide bonds. The molecule has 0 aromatic heterocycles. The molecule has 0 aliphatic heterocycles. The van der Waals surface area contributed by atoms with Gasteiger partial charge in [-0.2, -0.15) is 0 Å². The molecule has 1 aromatic rings. The number of anilines is 1. The van der Waals surface area contributed by atoms with Crippen LogP contribution >= 0.6 is 11.8 Å². The van der Waals surface area contributed by atoms with Crippen LogP contribution in [0.3, 0.4) is 0 Å². The second-order valence-corrected chi connectivity index (χ2v) is 8.91. The normalized spacial score (nSPS) is 12.4. The number of rotatable bonds is 14. The molecule has 174 valence electrons. The summed E-state index contributed by atoms with van der Waals surface area (Å²) in [7, 11) is 0. The topological polar surface area (TPSA) is 205 Å². The van der Waals surface area contributed by atoms with Crippen molar-refractivity contribution in [3.8, 4) is 0 Å². The molecule has 0 radical (unpaired) electrons. The van der Waals surface area contributed by atoms with E-state index in [4.69, 9.17) is 15.9 Å². The zero-order chi connectivity index (χ0) is 24.1. The van der Waals surface area contributed by atoms with Gasteiger partial charge in [0.25, 0.3) is 0 Å². The van der Waals surface area contributed by atoms with Crippen molar-refractivity contribution in [2.24, 2.45) is 5.73 Å². The quantitative estimate of drug-likeness (QED) is 0.145. The summed E-state index contributed by atoms with van der Waals surface area (Å²) in [5.74, 6) is -4.39. The standard InChI is InChI=1S/C18H23AsN4O8S/c20-12(18(29)30)5-6-14(24)23-13(17(28)21-7-16(26)27)8-32-9-15(25)22-11-3-1-10(19-31)2-4-11/h1-4,12-13H,5-9,20H2,(H,21,28)(H,22,25)(H,23,24)(H,26,27)(H,29,30). The van der Waals surface area contributed by atoms with Gasteiger partial charge in [-0.3, -0.25) is 14.4 Å². The Balaban J connectivity index is 2.59. The van der Waals surface area contributed by atoms with Gasteiger partial charge in [0.1, 0.15) is 12.6 Å². The predicted octanol–water partition coefficient (Wildman–Crippen LogP) is -2.09. The molecule has 1 rings (SSSR count). The van der Waals surface area contributed by atoms with Gasteiger partial charge in [-0.1, -0.05) is 0 Å². The number of carboxylic acid groups (broad SMARTS) is 2. The molecule has 32 heavy (non-hydrogen) atoms. The molecule has 0 fully saturated rings. The van der Waals surface area contributed by atoms with Crippen molar-refractivity contribution in [2.75, 3.05) is 23.4 Å². The maximum absolute atomic E-state index is 12.2. The van der Waals surface area contributed by atoms with Crippen molar-refractivity contribution in [3.63, 3.8) is 0 Å². The first-order valence-electron chi connectivity index (χ1n) is 9.20. The zero-order valence-corrected chi connectivity index (χ0v) is 19.5. The number of amides is 3. The SMILES string of the molecule is NC(CCC(=O)NC(CSCC(=O)Nc1ccc([As]=O)cc1)C(=O)NCC(=O)O)C(=O)O. The van der Waals surface area contributed by atoms with E-state index in [1.165, 1.54) is 0 Å². The maximum atomic E-state index is 12.2. The third-order valence-corrected chi connectivity index (χ3v) is 5.94. The number of hydrogen-bond acceptors (Lipinski definition) is 8. The molecule has 0 saturated heterocycles. The van der Waals surface area contributed by atoms with Gasteiger partial charge < -0.3 is 15.9 Å². The molecule has 0 bridgehead atoms. The van der Waals surface area contributed by atoms with Crippen molar-refractivity contribution in [3.05, 3.63) is 24.3 Å². The predicted molar refractivity (Wildman–Crippen MR) is 116 cm³/mol. The molecule has 0 aliphatic carbocycles. The van der Waals surface area contributed by atoms with Crippen LogP contribution in [0.15, 0.2) is 24.3 Å². The van der Waals surface area contributed by atoms with Crippen LogP contribution in [-0.2, 0) is 27.7 Å². The van der Waals surface area contributed by atoms with Crippen molar-refractivity contribution < 1.29 is 37.9 Å². The second-order valence-electron chi connectivity index (χ2n) is 6.42. The van der Waals surface area contributed by atoms with E-state index in [0.29, 0.717) is 10.0 Å². The van der Waals surface area contributed by atoms with Crippen LogP contribution in [0.5, 0.6) is 0 Å². The molecule has 0 aliphatic rings. The summed E-state index contributed by atoms with van der Waals surface area (Å²) in [5.41, 5.74) is 5.85. The fourth-order valence-corrected chi connectivity index (χ4v) is 3.63. The Hall–Kier alpha value is -2.76. The first-order valence-corrected chi connectivity index (χ1v) is 12.1. The number of aliphatic carboxylic acids is 2. The van der Waals surface area contributed by atoms with Gasteiger partial charge in [-0.25, -0.2) is 0 Å². The summed E-state index contributed by atoms with van der Waals surface area (Å²) in [6, 6.07) is 4.10. The van der Waals surface area contributed by atoms with E-state index in [0.717, 1.165) is 11.8 Å². The van der Waals surface area contributed by atoms with Crippen LogP contribution in [0, 0.1) is 0 Å². The number of benzene rings is 1. The molecule has 0 spiro atoms. The van der Waals surface area contributed by atoms with Crippen LogP contribution in [-0.4, -0.2) is 85.7 Å². The molecular formula is C18H23AsN4O8S. The van der Waals surface area contributed by atoms with E-state index in [2.05, 4.69) is 16.0 Å². The van der Waals surface area contributed by atoms with E-state index in [1.54, 1.807) is 24.3 Å². The third-order valence-electron chi connectivity index (χ3n) is 3.84. The monoisotopic (exact) mass is 530 g/mol. The molecule has 2 atom stereocenters. The summed E-state index contributed by atoms with van der Waals surface area (Å²) in [4.78, 5) is 57.7. The van der Waals surface area contributed by atoms with Gasteiger partial charge >= 0.3 is 138 Å². The fraction of sp³-hybridized carbons (Fsp3) is 0.389. The van der Waals surface area contributed by atoms with Crippen LogP contribution in [0.4, 0.5) is 5.69 Å². The van der Waals surface area contributed by atoms with Crippen molar-refractivity contribution in [1.82, 2.24) is 10.6 Å². The Morgan fingerprint density at radius 3 is 2.28 bits per heavy atom. The molecule has 7 N–H and O–H groups in total. The third kappa shape index (κ3) is 11.0. The van der Waals surface area contributed by atoms with Crippen LogP contribution < -0.4 is 26.0 Å². The first-order chi connectivity index (χ1) is 15.1. The minimum absolute atomic E-state index is 0.0332. The Morgan fingerprint density at radius 2 is 1.72 bits per heavy atom. The number of nitrogens with two attached hydrogens (primary N) is 1. The van der Waals surface area contributed by atoms with Gasteiger partial charge in [0.05, 0.1) is 0 Å². The summed E-state index contributed by atoms with van der Waals surface area (Å²) in [6.45, 7) is -0.651. The van der Waals surface area contributed by atoms with Crippen LogP contribution in [0.2, 0.25) is 0 Å². The zero-order valence-electron chi connectivity index (χ0n) is 16.8. The molecule has 1 aromatic carbocycles. The van der Waals surface area contributed by atoms with Crippen LogP contribution in [0.25, 0.3) is 0 Å². The van der Waals surface area contributed by atoms with Crippen molar-refractivity contribution >= 4 is 67.2 Å². The van der Waals surface area contributed by atoms with Gasteiger partial charge in [0.15, 0.2) is 0 Å². The minimum atomic E-state index is -1.27. The average molecular weight is 530 g/mol. The van der Waals surface area contributed by atoms with E-state index < -0.39 is 58.1 Å². The number of hydrogen-bond donors (Lipinski definition) is 6. The molecule has 14 heteroatoms. The molecule has 2 unspecified atom stereocenters. The number of thioether (sulfide) groups is 1. The van der Waals surface area contributed by atoms with Gasteiger partial charge in [0, 0.05) is 6.42 Å². The van der Waals surface area contributed by atoms with E-state index in [-0.39, 0.29) is 30.3 Å². The number of nitrogens with one attached hydrogen (secondary N) is 3. The van der Waals surface area contributed by atoms with E-state index >= 15 is 0 Å². The second kappa shape index (κ2) is 14.3. The van der Waals surface area contributed by atoms with Gasteiger partial charge in [0.2, 0.25) is 0 Å². The fourth-order valence-electron chi connectivity index (χ4n) is 2.22. The molecule has 0 saturated carbocycles. The summed E-state index contributed by atoms with van der Waals surface area (Å²) in [5, 5.41) is 24.6. The van der Waals surface area contributed by atoms with E-state index in [9.17, 15) is 27.7 Å². The summed E-state index contributed by atoms with van der Waals surface area (Å²) in [6.07, 6.45) is -0.393. The van der Waals surface area contributed by atoms with Gasteiger partial charge in [-0.15, -0.1) is 0 Å². The number of carbonyl (C=O) groups is 5. The van der Waals surface area contributed by atoms with Crippen molar-refractivity contribution in [1.29, 1.82) is 0 Å². The average Bonchev–Trinajstić information content (AvgIpc) is 2.75. The first kappa shape index (κ1) is 27.3. The Morgan fingerprint density at radius 1 is 1.06 bits per heavy atom. The van der Waals surface area contributed by atoms with E-state index in [1.807, 2.05) is 0 Å². The Kier molecular flexibility index (Phi) is 12.2. The number of carboxylic acids is 2. The molecular weight excluding hydrogens is 507 g/mol. The van der Waals surface area contributed by atoms with Crippen molar-refractivity contribution in [2.45, 2.75) is 24.9 Å². The summed E-state index contributed by atoms with van der Waals surface area (Å²) >= 11 is -0.120. The molecule has 0 heterocycles.